The molecule has 0 spiro atoms. The molecule has 0 saturated heterocycles. The summed E-state index contributed by atoms with van der Waals surface area (Å²) < 4.78 is 5.28. The first-order valence-corrected chi connectivity index (χ1v) is 5.74. The van der Waals surface area contributed by atoms with Gasteiger partial charge >= 0.3 is 0 Å². The molecule has 3 aromatic rings. The fourth-order valence-corrected chi connectivity index (χ4v) is 2.53. The van der Waals surface area contributed by atoms with E-state index in [-0.39, 0.29) is 0 Å². The second kappa shape index (κ2) is 3.61. The molecule has 0 bridgehead atoms. The van der Waals surface area contributed by atoms with Gasteiger partial charge in [-0.25, -0.2) is 4.98 Å². The van der Waals surface area contributed by atoms with Gasteiger partial charge in [0.15, 0.2) is 5.76 Å². The lowest BCUT2D eigenvalue weighted by atomic mass is 10.2. The predicted molar refractivity (Wildman–Crippen MR) is 66.4 cm³/mol. The number of rotatable bonds is 1. The van der Waals surface area contributed by atoms with Gasteiger partial charge in [0.25, 0.3) is 0 Å². The summed E-state index contributed by atoms with van der Waals surface area (Å²) in [7, 11) is 0. The molecule has 0 unspecified atom stereocenters. The van der Waals surface area contributed by atoms with Gasteiger partial charge in [0, 0.05) is 5.39 Å². The number of nitrogen functional groups attached to an aromatic ring is 1. The quantitative estimate of drug-likeness (QED) is 0.710. The number of pyridine rings is 1. The number of nitrogens with two attached hydrogens (primary N) is 1. The Bertz CT molecular complexity index is 722. The number of thiophene rings is 1. The molecule has 0 saturated carbocycles. The Kier molecular flexibility index (Phi) is 2.10. The van der Waals surface area contributed by atoms with Gasteiger partial charge in [-0.1, -0.05) is 0 Å². The molecule has 3 rings (SSSR count). The Morgan fingerprint density at radius 1 is 1.35 bits per heavy atom. The van der Waals surface area contributed by atoms with Gasteiger partial charge in [-0.3, -0.25) is 0 Å². The summed E-state index contributed by atoms with van der Waals surface area (Å²) in [6, 6.07) is 9.43. The number of aromatic nitrogens is 1. The number of fused-ring (bicyclic) bond motifs is 1. The maximum Gasteiger partial charge on any atom is 0.152 e. The van der Waals surface area contributed by atoms with Crippen molar-refractivity contribution >= 4 is 27.2 Å². The normalized spacial score (nSPS) is 10.5. The summed E-state index contributed by atoms with van der Waals surface area (Å²) >= 11 is 1.30. The van der Waals surface area contributed by atoms with Crippen LogP contribution in [0.4, 0.5) is 5.69 Å². The highest BCUT2D eigenvalue weighted by Crippen LogP contribution is 2.33. The van der Waals surface area contributed by atoms with E-state index in [9.17, 15) is 0 Å². The SMILES string of the molecule is N#Cc1sc2nc(-c3ccco3)ccc2c1N. The smallest absolute Gasteiger partial charge is 0.152 e. The van der Waals surface area contributed by atoms with E-state index >= 15 is 0 Å². The van der Waals surface area contributed by atoms with Crippen LogP contribution < -0.4 is 5.73 Å². The first kappa shape index (κ1) is 9.87. The Hall–Kier alpha value is -2.32. The first-order chi connectivity index (χ1) is 8.29. The van der Waals surface area contributed by atoms with Crippen LogP contribution in [0.15, 0.2) is 34.9 Å². The Morgan fingerprint density at radius 3 is 2.94 bits per heavy atom. The fourth-order valence-electron chi connectivity index (χ4n) is 1.64. The number of hydrogen-bond acceptors (Lipinski definition) is 5. The Labute approximate surface area is 101 Å². The zero-order chi connectivity index (χ0) is 11.8. The van der Waals surface area contributed by atoms with E-state index in [1.807, 2.05) is 24.3 Å². The highest BCUT2D eigenvalue weighted by molar-refractivity contribution is 7.19. The number of hydrogen-bond donors (Lipinski definition) is 1. The van der Waals surface area contributed by atoms with Crippen molar-refractivity contribution in [3.05, 3.63) is 35.4 Å². The third-order valence-corrected chi connectivity index (χ3v) is 3.49. The van der Waals surface area contributed by atoms with Crippen LogP contribution in [-0.4, -0.2) is 4.98 Å². The zero-order valence-corrected chi connectivity index (χ0v) is 9.49. The molecule has 5 heteroatoms. The van der Waals surface area contributed by atoms with Gasteiger partial charge in [0.2, 0.25) is 0 Å². The largest absolute Gasteiger partial charge is 0.463 e. The predicted octanol–water partition coefficient (Wildman–Crippen LogP) is 3.01. The summed E-state index contributed by atoms with van der Waals surface area (Å²) in [5.74, 6) is 0.706. The number of nitrogens with zero attached hydrogens (tertiary/aromatic N) is 2. The summed E-state index contributed by atoms with van der Waals surface area (Å²) in [5.41, 5.74) is 7.09. The summed E-state index contributed by atoms with van der Waals surface area (Å²) in [5, 5.41) is 9.73. The topological polar surface area (TPSA) is 75.8 Å². The Balaban J connectivity index is 2.24. The van der Waals surface area contributed by atoms with Gasteiger partial charge in [-0.2, -0.15) is 5.26 Å². The third kappa shape index (κ3) is 1.47. The second-order valence-corrected chi connectivity index (χ2v) is 4.48. The monoisotopic (exact) mass is 241 g/mol. The maximum absolute atomic E-state index is 8.91. The van der Waals surface area contributed by atoms with Crippen molar-refractivity contribution in [2.24, 2.45) is 0 Å². The van der Waals surface area contributed by atoms with Gasteiger partial charge in [0.05, 0.1) is 12.0 Å². The molecular weight excluding hydrogens is 234 g/mol. The van der Waals surface area contributed by atoms with Crippen molar-refractivity contribution in [3.63, 3.8) is 0 Å². The van der Waals surface area contributed by atoms with Crippen LogP contribution in [0.2, 0.25) is 0 Å². The van der Waals surface area contributed by atoms with Crippen LogP contribution in [0.1, 0.15) is 4.88 Å². The van der Waals surface area contributed by atoms with Gasteiger partial charge in [-0.05, 0) is 24.3 Å². The van der Waals surface area contributed by atoms with Crippen molar-refractivity contribution in [2.45, 2.75) is 0 Å². The van der Waals surface area contributed by atoms with Crippen LogP contribution in [0.25, 0.3) is 21.7 Å². The number of furan rings is 1. The second-order valence-electron chi connectivity index (χ2n) is 3.48. The maximum atomic E-state index is 8.91. The molecular formula is C12H7N3OS. The average molecular weight is 241 g/mol. The standard InChI is InChI=1S/C12H7N3OS/c13-6-10-11(14)7-3-4-8(15-12(7)17-10)9-2-1-5-16-9/h1-5H,14H2. The number of anilines is 1. The van der Waals surface area contributed by atoms with Crippen LogP contribution in [0.3, 0.4) is 0 Å². The molecule has 82 valence electrons. The van der Waals surface area contributed by atoms with Crippen LogP contribution in [0, 0.1) is 11.3 Å². The van der Waals surface area contributed by atoms with E-state index in [1.165, 1.54) is 11.3 Å². The molecule has 0 aliphatic rings. The average Bonchev–Trinajstić information content (AvgIpc) is 2.97. The van der Waals surface area contributed by atoms with E-state index in [4.69, 9.17) is 15.4 Å². The molecule has 4 nitrogen and oxygen atoms in total. The molecule has 3 aromatic heterocycles. The minimum atomic E-state index is 0.504. The molecule has 0 aliphatic heterocycles. The van der Waals surface area contributed by atoms with Gasteiger partial charge in [-0.15, -0.1) is 11.3 Å². The van der Waals surface area contributed by atoms with Gasteiger partial charge < -0.3 is 10.2 Å². The molecule has 0 atom stereocenters. The Morgan fingerprint density at radius 2 is 2.24 bits per heavy atom. The highest BCUT2D eigenvalue weighted by Gasteiger charge is 2.11. The minimum absolute atomic E-state index is 0.504. The lowest BCUT2D eigenvalue weighted by Gasteiger charge is -1.96. The molecule has 0 amide bonds. The lowest BCUT2D eigenvalue weighted by molar-refractivity contribution is 0.580. The third-order valence-electron chi connectivity index (χ3n) is 2.47. The van der Waals surface area contributed by atoms with E-state index in [2.05, 4.69) is 11.1 Å². The van der Waals surface area contributed by atoms with Crippen molar-refractivity contribution < 1.29 is 4.42 Å². The molecule has 0 fully saturated rings. The molecule has 0 aromatic carbocycles. The van der Waals surface area contributed by atoms with E-state index in [1.54, 1.807) is 6.26 Å². The van der Waals surface area contributed by atoms with Crippen LogP contribution in [-0.2, 0) is 0 Å². The summed E-state index contributed by atoms with van der Waals surface area (Å²) in [6.45, 7) is 0. The molecule has 17 heavy (non-hydrogen) atoms. The molecule has 2 N–H and O–H groups in total. The highest BCUT2D eigenvalue weighted by atomic mass is 32.1. The summed E-state index contributed by atoms with van der Waals surface area (Å²) in [4.78, 5) is 5.70. The first-order valence-electron chi connectivity index (χ1n) is 4.92. The number of nitriles is 1. The summed E-state index contributed by atoms with van der Waals surface area (Å²) in [6.07, 6.45) is 1.60. The molecule has 0 radical (unpaired) electrons. The minimum Gasteiger partial charge on any atom is -0.463 e. The molecule has 3 heterocycles. The van der Waals surface area contributed by atoms with Crippen LogP contribution in [0.5, 0.6) is 0 Å². The van der Waals surface area contributed by atoms with Crippen molar-refractivity contribution in [1.82, 2.24) is 4.98 Å². The van der Waals surface area contributed by atoms with Crippen LogP contribution >= 0.6 is 11.3 Å². The lowest BCUT2D eigenvalue weighted by Crippen LogP contribution is -1.85. The zero-order valence-electron chi connectivity index (χ0n) is 8.68. The van der Waals surface area contributed by atoms with Crippen molar-refractivity contribution in [2.75, 3.05) is 5.73 Å². The van der Waals surface area contributed by atoms with Crippen molar-refractivity contribution in [3.8, 4) is 17.5 Å². The van der Waals surface area contributed by atoms with E-state index < -0.39 is 0 Å². The van der Waals surface area contributed by atoms with Crippen molar-refractivity contribution in [1.29, 1.82) is 5.26 Å². The molecule has 0 aliphatic carbocycles. The fraction of sp³-hybridized carbons (Fsp3) is 0. The van der Waals surface area contributed by atoms with E-state index in [0.29, 0.717) is 16.3 Å². The van der Waals surface area contributed by atoms with E-state index in [0.717, 1.165) is 15.9 Å². The van der Waals surface area contributed by atoms with Gasteiger partial charge in [0.1, 0.15) is 21.5 Å².